The zero-order chi connectivity index (χ0) is 13.8. The van der Waals surface area contributed by atoms with Crippen molar-refractivity contribution in [1.29, 1.82) is 0 Å². The molecule has 1 saturated carbocycles. The Balaban J connectivity index is 2.45. The maximum absolute atomic E-state index is 13.8. The second-order valence-corrected chi connectivity index (χ2v) is 5.44. The van der Waals surface area contributed by atoms with E-state index in [9.17, 15) is 9.18 Å². The van der Waals surface area contributed by atoms with Gasteiger partial charge in [-0.05, 0) is 45.6 Å². The van der Waals surface area contributed by atoms with Gasteiger partial charge in [-0.3, -0.25) is 0 Å². The minimum Gasteiger partial charge on any atom is -0.444 e. The van der Waals surface area contributed by atoms with Crippen molar-refractivity contribution in [3.63, 3.8) is 0 Å². The van der Waals surface area contributed by atoms with E-state index < -0.39 is 23.9 Å². The van der Waals surface area contributed by atoms with Gasteiger partial charge in [-0.15, -0.1) is 0 Å². The molecule has 1 aliphatic rings. The van der Waals surface area contributed by atoms with Gasteiger partial charge in [0.05, 0.1) is 6.04 Å². The van der Waals surface area contributed by atoms with Crippen molar-refractivity contribution in [2.75, 3.05) is 0 Å². The summed E-state index contributed by atoms with van der Waals surface area (Å²) in [6.45, 7) is 5.24. The molecule has 18 heavy (non-hydrogen) atoms. The lowest BCUT2D eigenvalue weighted by atomic mass is 9.90. The lowest BCUT2D eigenvalue weighted by Gasteiger charge is -2.31. The molecule has 0 unspecified atom stereocenters. The molecular weight excluding hydrogens is 239 g/mol. The van der Waals surface area contributed by atoms with E-state index in [1.54, 1.807) is 20.8 Å². The third-order valence-corrected chi connectivity index (χ3v) is 2.66. The fraction of sp³-hybridized carbons (Fsp3) is 0.909. The number of halogens is 1. The Hall–Kier alpha value is -1.49. The third kappa shape index (κ3) is 4.79. The second-order valence-electron chi connectivity index (χ2n) is 5.44. The van der Waals surface area contributed by atoms with Crippen molar-refractivity contribution in [2.24, 2.45) is 5.11 Å². The number of alkyl halides is 1. The molecule has 0 aromatic carbocycles. The first-order valence-electron chi connectivity index (χ1n) is 5.99. The van der Waals surface area contributed by atoms with Crippen molar-refractivity contribution in [2.45, 2.75) is 63.9 Å². The summed E-state index contributed by atoms with van der Waals surface area (Å²) in [6, 6.07) is -0.883. The molecule has 0 spiro atoms. The first kappa shape index (κ1) is 14.6. The van der Waals surface area contributed by atoms with Gasteiger partial charge in [-0.2, -0.15) is 0 Å². The average Bonchev–Trinajstić information content (AvgIpc) is 2.20. The van der Waals surface area contributed by atoms with Crippen molar-refractivity contribution >= 4 is 6.09 Å². The smallest absolute Gasteiger partial charge is 0.407 e. The Labute approximate surface area is 106 Å². The Morgan fingerprint density at radius 3 is 2.67 bits per heavy atom. The summed E-state index contributed by atoms with van der Waals surface area (Å²) in [5, 5.41) is 6.02. The van der Waals surface area contributed by atoms with Crippen LogP contribution in [0.2, 0.25) is 0 Å². The number of nitrogens with one attached hydrogen (secondary N) is 1. The molecule has 3 atom stereocenters. The van der Waals surface area contributed by atoms with Crippen LogP contribution in [0.15, 0.2) is 5.11 Å². The van der Waals surface area contributed by atoms with Crippen LogP contribution in [0.3, 0.4) is 0 Å². The van der Waals surface area contributed by atoms with Crippen LogP contribution in [0.1, 0.15) is 40.0 Å². The van der Waals surface area contributed by atoms with Gasteiger partial charge in [-0.25, -0.2) is 9.18 Å². The predicted octanol–water partition coefficient (Wildman–Crippen LogP) is 3.08. The zero-order valence-corrected chi connectivity index (χ0v) is 10.9. The SMILES string of the molecule is CC(C)(C)OC(=O)N[C@H]1CC[C@H](N=[N+]=[N-])C[C@@H]1F. The molecule has 1 N–H and O–H groups in total. The molecule has 1 rings (SSSR count). The van der Waals surface area contributed by atoms with Crippen LogP contribution in [-0.2, 0) is 4.74 Å². The van der Waals surface area contributed by atoms with E-state index in [2.05, 4.69) is 15.3 Å². The van der Waals surface area contributed by atoms with E-state index in [1.807, 2.05) is 0 Å². The Kier molecular flexibility index (Phi) is 4.78. The van der Waals surface area contributed by atoms with Gasteiger partial charge >= 0.3 is 6.09 Å². The van der Waals surface area contributed by atoms with Gasteiger partial charge in [0.1, 0.15) is 11.8 Å². The summed E-state index contributed by atoms with van der Waals surface area (Å²) in [4.78, 5) is 14.2. The van der Waals surface area contributed by atoms with Crippen LogP contribution in [-0.4, -0.2) is 29.9 Å². The number of ether oxygens (including phenoxy) is 1. The monoisotopic (exact) mass is 258 g/mol. The van der Waals surface area contributed by atoms with E-state index in [0.29, 0.717) is 12.8 Å². The van der Waals surface area contributed by atoms with Gasteiger partial charge in [0.25, 0.3) is 0 Å². The molecule has 0 aliphatic heterocycles. The highest BCUT2D eigenvalue weighted by molar-refractivity contribution is 5.68. The molecule has 0 saturated heterocycles. The number of nitrogens with zero attached hydrogens (tertiary/aromatic N) is 3. The van der Waals surface area contributed by atoms with Crippen LogP contribution in [0.4, 0.5) is 9.18 Å². The van der Waals surface area contributed by atoms with Crippen LogP contribution in [0.5, 0.6) is 0 Å². The first-order chi connectivity index (χ1) is 8.31. The molecule has 0 aromatic heterocycles. The van der Waals surface area contributed by atoms with Crippen LogP contribution < -0.4 is 5.32 Å². The maximum atomic E-state index is 13.8. The van der Waals surface area contributed by atoms with Crippen molar-refractivity contribution in [1.82, 2.24) is 5.32 Å². The number of carbonyl (C=O) groups is 1. The Morgan fingerprint density at radius 1 is 1.50 bits per heavy atom. The minimum absolute atomic E-state index is 0.143. The molecule has 0 aromatic rings. The number of hydrogen-bond donors (Lipinski definition) is 1. The maximum Gasteiger partial charge on any atom is 0.407 e. The van der Waals surface area contributed by atoms with E-state index in [1.165, 1.54) is 0 Å². The second kappa shape index (κ2) is 5.91. The Bertz CT molecular complexity index is 349. The molecular formula is C11H19FN4O2. The highest BCUT2D eigenvalue weighted by Crippen LogP contribution is 2.24. The van der Waals surface area contributed by atoms with Crippen molar-refractivity contribution in [3.05, 3.63) is 10.4 Å². The summed E-state index contributed by atoms with van der Waals surface area (Å²) in [6.07, 6.45) is -0.654. The van der Waals surface area contributed by atoms with Gasteiger partial charge in [0.2, 0.25) is 0 Å². The molecule has 1 amide bonds. The summed E-state index contributed by atoms with van der Waals surface area (Å²) < 4.78 is 18.8. The van der Waals surface area contributed by atoms with Gasteiger partial charge in [0.15, 0.2) is 0 Å². The topological polar surface area (TPSA) is 87.1 Å². The molecule has 102 valence electrons. The molecule has 1 aliphatic carbocycles. The zero-order valence-electron chi connectivity index (χ0n) is 10.9. The first-order valence-corrected chi connectivity index (χ1v) is 5.99. The number of azide groups is 1. The molecule has 7 heteroatoms. The van der Waals surface area contributed by atoms with Gasteiger partial charge in [-0.1, -0.05) is 5.11 Å². The third-order valence-electron chi connectivity index (χ3n) is 2.66. The van der Waals surface area contributed by atoms with E-state index in [-0.39, 0.29) is 12.5 Å². The lowest BCUT2D eigenvalue weighted by Crippen LogP contribution is -2.47. The number of alkyl carbamates (subject to hydrolysis) is 1. The minimum atomic E-state index is -1.21. The highest BCUT2D eigenvalue weighted by atomic mass is 19.1. The number of rotatable bonds is 2. The largest absolute Gasteiger partial charge is 0.444 e. The van der Waals surface area contributed by atoms with Crippen molar-refractivity contribution < 1.29 is 13.9 Å². The summed E-state index contributed by atoms with van der Waals surface area (Å²) in [5.41, 5.74) is 7.69. The highest BCUT2D eigenvalue weighted by Gasteiger charge is 2.32. The van der Waals surface area contributed by atoms with Gasteiger partial charge in [0, 0.05) is 11.0 Å². The normalized spacial score (nSPS) is 28.1. The lowest BCUT2D eigenvalue weighted by molar-refractivity contribution is 0.0445. The molecule has 6 nitrogen and oxygen atoms in total. The summed E-state index contributed by atoms with van der Waals surface area (Å²) >= 11 is 0. The van der Waals surface area contributed by atoms with E-state index in [4.69, 9.17) is 10.3 Å². The number of hydrogen-bond acceptors (Lipinski definition) is 3. The molecule has 0 bridgehead atoms. The summed E-state index contributed by atoms with van der Waals surface area (Å²) in [5.74, 6) is 0. The molecule has 0 radical (unpaired) electrons. The fourth-order valence-corrected chi connectivity index (χ4v) is 1.89. The van der Waals surface area contributed by atoms with E-state index in [0.717, 1.165) is 0 Å². The summed E-state index contributed by atoms with van der Waals surface area (Å²) in [7, 11) is 0. The Morgan fingerprint density at radius 2 is 2.17 bits per heavy atom. The number of carbonyl (C=O) groups excluding carboxylic acids is 1. The predicted molar refractivity (Wildman–Crippen MR) is 64.8 cm³/mol. The van der Waals surface area contributed by atoms with Crippen LogP contribution >= 0.6 is 0 Å². The fourth-order valence-electron chi connectivity index (χ4n) is 1.89. The van der Waals surface area contributed by atoms with Crippen LogP contribution in [0.25, 0.3) is 10.4 Å². The van der Waals surface area contributed by atoms with Crippen molar-refractivity contribution in [3.8, 4) is 0 Å². The molecule has 1 fully saturated rings. The van der Waals surface area contributed by atoms with Crippen LogP contribution in [0, 0.1) is 0 Å². The average molecular weight is 258 g/mol. The quantitative estimate of drug-likeness (QED) is 0.468. The van der Waals surface area contributed by atoms with E-state index >= 15 is 0 Å². The van der Waals surface area contributed by atoms with Gasteiger partial charge < -0.3 is 10.1 Å². The number of amides is 1. The standard InChI is InChI=1S/C11H19FN4O2/c1-11(2,3)18-10(17)14-9-5-4-7(15-16-13)6-8(9)12/h7-9H,4-6H2,1-3H3,(H,14,17)/t7-,8-,9-/m0/s1. The molecule has 0 heterocycles.